The lowest BCUT2D eigenvalue weighted by Crippen LogP contribution is -2.52. The Bertz CT molecular complexity index is 1210. The van der Waals surface area contributed by atoms with Gasteiger partial charge in [0.05, 0.1) is 21.9 Å². The van der Waals surface area contributed by atoms with Gasteiger partial charge < -0.3 is 10.2 Å². The van der Waals surface area contributed by atoms with E-state index in [1.54, 1.807) is 25.3 Å². The Morgan fingerprint density at radius 3 is 2.35 bits per heavy atom. The summed E-state index contributed by atoms with van der Waals surface area (Å²) in [7, 11) is 0. The Labute approximate surface area is 193 Å². The Morgan fingerprint density at radius 2 is 1.74 bits per heavy atom. The van der Waals surface area contributed by atoms with Crippen molar-refractivity contribution in [1.82, 2.24) is 9.88 Å². The van der Waals surface area contributed by atoms with Crippen LogP contribution in [0.15, 0.2) is 54.9 Å². The molecule has 34 heavy (non-hydrogen) atoms. The van der Waals surface area contributed by atoms with Gasteiger partial charge >= 0.3 is 6.18 Å². The quantitative estimate of drug-likeness (QED) is 0.439. The maximum Gasteiger partial charge on any atom is 0.416 e. The molecule has 4 rings (SSSR count). The zero-order valence-corrected chi connectivity index (χ0v) is 18.2. The highest BCUT2D eigenvalue weighted by Gasteiger charge is 2.30. The third kappa shape index (κ3) is 4.79. The van der Waals surface area contributed by atoms with Crippen LogP contribution in [0.3, 0.4) is 0 Å². The van der Waals surface area contributed by atoms with Gasteiger partial charge in [0.1, 0.15) is 0 Å². The third-order valence-electron chi connectivity index (χ3n) is 6.03. The molecule has 3 aromatic rings. The number of anilines is 2. The van der Waals surface area contributed by atoms with Gasteiger partial charge in [-0.15, -0.1) is 0 Å². The number of hydrogen-bond donors (Lipinski definition) is 1. The van der Waals surface area contributed by atoms with Crippen LogP contribution >= 0.6 is 0 Å². The topological polar surface area (TPSA) is 91.6 Å². The van der Waals surface area contributed by atoms with E-state index in [-0.39, 0.29) is 11.6 Å². The van der Waals surface area contributed by atoms with E-state index in [9.17, 15) is 28.1 Å². The molecule has 1 unspecified atom stereocenters. The summed E-state index contributed by atoms with van der Waals surface area (Å²) in [6.45, 7) is 4.11. The van der Waals surface area contributed by atoms with Crippen LogP contribution in [0.1, 0.15) is 12.5 Å². The highest BCUT2D eigenvalue weighted by Crippen LogP contribution is 2.33. The second-order valence-electron chi connectivity index (χ2n) is 8.05. The number of benzene rings is 2. The molecule has 1 aliphatic rings. The molecule has 11 heteroatoms. The first kappa shape index (κ1) is 23.4. The van der Waals surface area contributed by atoms with Crippen LogP contribution in [-0.2, 0) is 11.0 Å². The first-order chi connectivity index (χ1) is 16.1. The van der Waals surface area contributed by atoms with Crippen molar-refractivity contribution in [3.05, 3.63) is 70.5 Å². The van der Waals surface area contributed by atoms with Crippen LogP contribution in [0, 0.1) is 10.1 Å². The average molecular weight is 473 g/mol. The summed E-state index contributed by atoms with van der Waals surface area (Å²) in [6.07, 6.45) is -1.35. The summed E-state index contributed by atoms with van der Waals surface area (Å²) in [4.78, 5) is 31.7. The van der Waals surface area contributed by atoms with Crippen molar-refractivity contribution >= 4 is 33.7 Å². The lowest BCUT2D eigenvalue weighted by Gasteiger charge is -2.38. The third-order valence-corrected chi connectivity index (χ3v) is 6.03. The van der Waals surface area contributed by atoms with E-state index in [1.807, 2.05) is 4.90 Å². The number of alkyl halides is 3. The Morgan fingerprint density at radius 1 is 1.06 bits per heavy atom. The first-order valence-electron chi connectivity index (χ1n) is 10.6. The number of pyridine rings is 1. The number of hydrogen-bond acceptors (Lipinski definition) is 6. The fourth-order valence-corrected chi connectivity index (χ4v) is 4.10. The maximum atomic E-state index is 12.7. The number of halogens is 3. The van der Waals surface area contributed by atoms with Crippen molar-refractivity contribution in [3.8, 4) is 0 Å². The Kier molecular flexibility index (Phi) is 6.38. The fourth-order valence-electron chi connectivity index (χ4n) is 4.10. The molecule has 1 N–H and O–H groups in total. The molecule has 1 fully saturated rings. The van der Waals surface area contributed by atoms with Gasteiger partial charge in [-0.05, 0) is 43.3 Å². The summed E-state index contributed by atoms with van der Waals surface area (Å²) in [5, 5.41) is 15.2. The van der Waals surface area contributed by atoms with Gasteiger partial charge in [0.2, 0.25) is 5.91 Å². The number of carbonyl (C=O) groups excluding carboxylic acids is 1. The predicted molar refractivity (Wildman–Crippen MR) is 122 cm³/mol. The number of nitrogens with one attached hydrogen (secondary N) is 1. The minimum absolute atomic E-state index is 0.000884. The number of amides is 1. The number of aromatic nitrogens is 1. The van der Waals surface area contributed by atoms with Gasteiger partial charge in [0.15, 0.2) is 0 Å². The number of nitro groups is 1. The molecule has 0 aliphatic carbocycles. The van der Waals surface area contributed by atoms with Gasteiger partial charge in [0, 0.05) is 61.4 Å². The Balaban J connectivity index is 1.40. The average Bonchev–Trinajstić information content (AvgIpc) is 2.82. The number of non-ortho nitro benzene ring substituents is 1. The van der Waals surface area contributed by atoms with Gasteiger partial charge in [-0.3, -0.25) is 24.8 Å². The van der Waals surface area contributed by atoms with Crippen LogP contribution < -0.4 is 10.2 Å². The first-order valence-corrected chi connectivity index (χ1v) is 10.6. The molecular formula is C23H22F3N5O3. The summed E-state index contributed by atoms with van der Waals surface area (Å²) in [5.74, 6) is -0.305. The number of carbonyl (C=O) groups is 1. The van der Waals surface area contributed by atoms with E-state index in [4.69, 9.17) is 0 Å². The summed E-state index contributed by atoms with van der Waals surface area (Å²) < 4.78 is 38.2. The molecule has 1 aromatic heterocycles. The van der Waals surface area contributed by atoms with Crippen LogP contribution in [-0.4, -0.2) is 52.9 Å². The molecule has 2 aromatic carbocycles. The lowest BCUT2D eigenvalue weighted by molar-refractivity contribution is -0.383. The molecule has 1 saturated heterocycles. The van der Waals surface area contributed by atoms with Crippen LogP contribution in [0.5, 0.6) is 0 Å². The van der Waals surface area contributed by atoms with Gasteiger partial charge in [-0.1, -0.05) is 0 Å². The van der Waals surface area contributed by atoms with Gasteiger partial charge in [-0.2, -0.15) is 13.2 Å². The minimum Gasteiger partial charge on any atom is -0.368 e. The van der Waals surface area contributed by atoms with Crippen molar-refractivity contribution in [3.63, 3.8) is 0 Å². The van der Waals surface area contributed by atoms with E-state index in [1.165, 1.54) is 24.4 Å². The van der Waals surface area contributed by atoms with Crippen molar-refractivity contribution in [2.45, 2.75) is 19.1 Å². The summed E-state index contributed by atoms with van der Waals surface area (Å²) in [6, 6.07) is 8.82. The molecule has 2 heterocycles. The largest absolute Gasteiger partial charge is 0.416 e. The van der Waals surface area contributed by atoms with Crippen molar-refractivity contribution in [2.75, 3.05) is 36.4 Å². The molecule has 0 radical (unpaired) electrons. The number of rotatable bonds is 5. The SMILES string of the molecule is CC(C(=O)Nc1ccc(C(F)(F)F)cc1)N1CCN(c2ccc([N+](=O)[O-])c3cnccc23)CC1. The zero-order chi connectivity index (χ0) is 24.5. The fraction of sp³-hybridized carbons (Fsp3) is 0.304. The van der Waals surface area contributed by atoms with Crippen molar-refractivity contribution in [1.29, 1.82) is 0 Å². The van der Waals surface area contributed by atoms with E-state index < -0.39 is 22.7 Å². The van der Waals surface area contributed by atoms with E-state index in [0.717, 1.165) is 23.2 Å². The highest BCUT2D eigenvalue weighted by atomic mass is 19.4. The molecule has 1 atom stereocenters. The highest BCUT2D eigenvalue weighted by molar-refractivity contribution is 5.99. The second-order valence-corrected chi connectivity index (χ2v) is 8.05. The smallest absolute Gasteiger partial charge is 0.368 e. The van der Waals surface area contributed by atoms with E-state index in [0.29, 0.717) is 37.3 Å². The number of nitrogens with zero attached hydrogens (tertiary/aromatic N) is 4. The van der Waals surface area contributed by atoms with E-state index >= 15 is 0 Å². The predicted octanol–water partition coefficient (Wildman–Crippen LogP) is 4.31. The maximum absolute atomic E-state index is 12.7. The number of fused-ring (bicyclic) bond motifs is 1. The summed E-state index contributed by atoms with van der Waals surface area (Å²) >= 11 is 0. The van der Waals surface area contributed by atoms with Crippen LogP contribution in [0.4, 0.5) is 30.2 Å². The monoisotopic (exact) mass is 473 g/mol. The molecule has 178 valence electrons. The molecule has 0 saturated carbocycles. The normalized spacial score (nSPS) is 15.8. The standard InChI is InChI=1S/C23H22F3N5O3/c1-15(22(32)28-17-4-2-16(3-5-17)23(24,25)26)29-10-12-30(13-11-29)20-6-7-21(31(33)34)19-14-27-9-8-18(19)20/h2-9,14-15H,10-13H2,1H3,(H,28,32). The zero-order valence-electron chi connectivity index (χ0n) is 18.2. The van der Waals surface area contributed by atoms with Crippen LogP contribution in [0.25, 0.3) is 10.8 Å². The second kappa shape index (κ2) is 9.26. The minimum atomic E-state index is -4.43. The Hall–Kier alpha value is -3.73. The molecule has 1 amide bonds. The van der Waals surface area contributed by atoms with Crippen molar-refractivity contribution < 1.29 is 22.9 Å². The molecular weight excluding hydrogens is 451 g/mol. The molecule has 0 bridgehead atoms. The summed E-state index contributed by atoms with van der Waals surface area (Å²) in [5.41, 5.74) is 0.391. The lowest BCUT2D eigenvalue weighted by atomic mass is 10.1. The van der Waals surface area contributed by atoms with Gasteiger partial charge in [-0.25, -0.2) is 0 Å². The number of piperazine rings is 1. The van der Waals surface area contributed by atoms with Crippen molar-refractivity contribution in [2.24, 2.45) is 0 Å². The molecule has 0 spiro atoms. The molecule has 8 nitrogen and oxygen atoms in total. The van der Waals surface area contributed by atoms with Gasteiger partial charge in [0.25, 0.3) is 5.69 Å². The molecule has 1 aliphatic heterocycles. The van der Waals surface area contributed by atoms with Crippen LogP contribution in [0.2, 0.25) is 0 Å². The number of nitro benzene ring substituents is 1. The van der Waals surface area contributed by atoms with E-state index in [2.05, 4.69) is 15.2 Å².